The van der Waals surface area contributed by atoms with Crippen LogP contribution in [0.25, 0.3) is 0 Å². The van der Waals surface area contributed by atoms with Crippen molar-refractivity contribution in [3.63, 3.8) is 0 Å². The molecule has 0 aliphatic carbocycles. The van der Waals surface area contributed by atoms with Crippen LogP contribution in [0.4, 0.5) is 4.79 Å². The maximum absolute atomic E-state index is 12.0. The van der Waals surface area contributed by atoms with Crippen LogP contribution < -0.4 is 4.74 Å². The molecule has 0 aromatic heterocycles. The molecule has 1 aliphatic heterocycles. The van der Waals surface area contributed by atoms with E-state index in [1.165, 1.54) is 0 Å². The number of piperidine rings is 1. The van der Waals surface area contributed by atoms with Crippen molar-refractivity contribution in [1.29, 1.82) is 0 Å². The standard InChI is InChI=1S/C16H21BrClNO3/c1-16(2,3)22-15(20)19-8-6-12(7-9-19)21-14-5-4-11(17)10-13(14)18/h4-5,10,12H,6-9H2,1-3H3. The van der Waals surface area contributed by atoms with E-state index in [1.54, 1.807) is 4.90 Å². The van der Waals surface area contributed by atoms with E-state index in [0.717, 1.165) is 17.3 Å². The van der Waals surface area contributed by atoms with E-state index in [-0.39, 0.29) is 12.2 Å². The van der Waals surface area contributed by atoms with Gasteiger partial charge in [0.25, 0.3) is 0 Å². The van der Waals surface area contributed by atoms with Gasteiger partial charge >= 0.3 is 6.09 Å². The fraction of sp³-hybridized carbons (Fsp3) is 0.562. The summed E-state index contributed by atoms with van der Waals surface area (Å²) in [6.45, 7) is 6.88. The zero-order chi connectivity index (χ0) is 16.3. The summed E-state index contributed by atoms with van der Waals surface area (Å²) in [5.41, 5.74) is -0.463. The van der Waals surface area contributed by atoms with Gasteiger partial charge in [0.05, 0.1) is 5.02 Å². The molecule has 0 atom stereocenters. The van der Waals surface area contributed by atoms with Crippen molar-refractivity contribution in [2.75, 3.05) is 13.1 Å². The van der Waals surface area contributed by atoms with E-state index in [0.29, 0.717) is 23.9 Å². The molecule has 0 radical (unpaired) electrons. The van der Waals surface area contributed by atoms with Gasteiger partial charge in [0, 0.05) is 30.4 Å². The SMILES string of the molecule is CC(C)(C)OC(=O)N1CCC(Oc2ccc(Br)cc2Cl)CC1. The minimum absolute atomic E-state index is 0.0670. The number of benzene rings is 1. The van der Waals surface area contributed by atoms with Gasteiger partial charge in [-0.25, -0.2) is 4.79 Å². The van der Waals surface area contributed by atoms with Crippen LogP contribution in [0.2, 0.25) is 5.02 Å². The van der Waals surface area contributed by atoms with Crippen molar-refractivity contribution in [3.05, 3.63) is 27.7 Å². The maximum atomic E-state index is 12.0. The van der Waals surface area contributed by atoms with Crippen LogP contribution in [0.1, 0.15) is 33.6 Å². The molecule has 1 fully saturated rings. The second-order valence-electron chi connectivity index (χ2n) is 6.36. The summed E-state index contributed by atoms with van der Waals surface area (Å²) in [6, 6.07) is 5.57. The molecule has 1 aromatic carbocycles. The number of rotatable bonds is 2. The topological polar surface area (TPSA) is 38.8 Å². The smallest absolute Gasteiger partial charge is 0.410 e. The van der Waals surface area contributed by atoms with E-state index in [1.807, 2.05) is 39.0 Å². The van der Waals surface area contributed by atoms with Crippen molar-refractivity contribution < 1.29 is 14.3 Å². The third kappa shape index (κ3) is 5.06. The van der Waals surface area contributed by atoms with Crippen LogP contribution in [-0.2, 0) is 4.74 Å². The molecule has 122 valence electrons. The quantitative estimate of drug-likeness (QED) is 0.722. The number of amides is 1. The van der Waals surface area contributed by atoms with E-state index in [2.05, 4.69) is 15.9 Å². The molecule has 0 N–H and O–H groups in total. The van der Waals surface area contributed by atoms with Crippen molar-refractivity contribution in [2.24, 2.45) is 0 Å². The summed E-state index contributed by atoms with van der Waals surface area (Å²) in [5.74, 6) is 0.681. The van der Waals surface area contributed by atoms with Gasteiger partial charge in [-0.15, -0.1) is 0 Å². The molecule has 1 aromatic rings. The highest BCUT2D eigenvalue weighted by Crippen LogP contribution is 2.30. The molecule has 0 unspecified atom stereocenters. The number of carbonyl (C=O) groups is 1. The van der Waals surface area contributed by atoms with Gasteiger partial charge in [0.15, 0.2) is 0 Å². The highest BCUT2D eigenvalue weighted by Gasteiger charge is 2.27. The summed E-state index contributed by atoms with van der Waals surface area (Å²) < 4.78 is 12.2. The second kappa shape index (κ2) is 7.09. The predicted molar refractivity (Wildman–Crippen MR) is 90.6 cm³/mol. The summed E-state index contributed by atoms with van der Waals surface area (Å²) in [4.78, 5) is 13.7. The van der Waals surface area contributed by atoms with Gasteiger partial charge in [-0.1, -0.05) is 27.5 Å². The minimum Gasteiger partial charge on any atom is -0.489 e. The van der Waals surface area contributed by atoms with Crippen molar-refractivity contribution in [1.82, 2.24) is 4.90 Å². The highest BCUT2D eigenvalue weighted by atomic mass is 79.9. The fourth-order valence-electron chi connectivity index (χ4n) is 2.23. The van der Waals surface area contributed by atoms with Crippen molar-refractivity contribution in [3.8, 4) is 5.75 Å². The molecule has 22 heavy (non-hydrogen) atoms. The molecule has 1 amide bonds. The molecule has 0 bridgehead atoms. The number of likely N-dealkylation sites (tertiary alicyclic amines) is 1. The Kier molecular flexibility index (Phi) is 5.61. The van der Waals surface area contributed by atoms with Gasteiger partial charge in [-0.05, 0) is 39.0 Å². The first-order valence-electron chi connectivity index (χ1n) is 7.34. The monoisotopic (exact) mass is 389 g/mol. The van der Waals surface area contributed by atoms with E-state index >= 15 is 0 Å². The molecule has 1 aliphatic rings. The normalized spacial score (nSPS) is 16.5. The summed E-state index contributed by atoms with van der Waals surface area (Å²) in [5, 5.41) is 0.587. The lowest BCUT2D eigenvalue weighted by Crippen LogP contribution is -2.44. The van der Waals surface area contributed by atoms with Crippen molar-refractivity contribution in [2.45, 2.75) is 45.3 Å². The Morgan fingerprint density at radius 2 is 1.95 bits per heavy atom. The minimum atomic E-state index is -0.463. The fourth-order valence-corrected chi connectivity index (χ4v) is 2.95. The molecule has 4 nitrogen and oxygen atoms in total. The first-order chi connectivity index (χ1) is 10.2. The number of halogens is 2. The molecular weight excluding hydrogens is 370 g/mol. The molecule has 1 saturated heterocycles. The second-order valence-corrected chi connectivity index (χ2v) is 7.68. The number of carbonyl (C=O) groups excluding carboxylic acids is 1. The van der Waals surface area contributed by atoms with Crippen LogP contribution in [-0.4, -0.2) is 35.8 Å². The Hall–Kier alpha value is -0.940. The first kappa shape index (κ1) is 17.4. The van der Waals surface area contributed by atoms with Crippen LogP contribution in [0.15, 0.2) is 22.7 Å². The predicted octanol–water partition coefficient (Wildman–Crippen LogP) is 4.88. The Balaban J connectivity index is 1.86. The average molecular weight is 391 g/mol. The van der Waals surface area contributed by atoms with Gasteiger partial charge in [-0.2, -0.15) is 0 Å². The maximum Gasteiger partial charge on any atom is 0.410 e. The Morgan fingerprint density at radius 3 is 2.50 bits per heavy atom. The Bertz CT molecular complexity index is 537. The van der Waals surface area contributed by atoms with Crippen LogP contribution in [0.3, 0.4) is 0 Å². The summed E-state index contributed by atoms with van der Waals surface area (Å²) in [6.07, 6.45) is 1.35. The van der Waals surface area contributed by atoms with Crippen LogP contribution >= 0.6 is 27.5 Å². The molecule has 0 saturated carbocycles. The molecule has 1 heterocycles. The number of ether oxygens (including phenoxy) is 2. The van der Waals surface area contributed by atoms with E-state index < -0.39 is 5.60 Å². The summed E-state index contributed by atoms with van der Waals surface area (Å²) in [7, 11) is 0. The molecule has 2 rings (SSSR count). The lowest BCUT2D eigenvalue weighted by molar-refractivity contribution is 0.0126. The van der Waals surface area contributed by atoms with Crippen LogP contribution in [0, 0.1) is 0 Å². The van der Waals surface area contributed by atoms with Gasteiger partial charge in [0.2, 0.25) is 0 Å². The average Bonchev–Trinajstić information content (AvgIpc) is 2.41. The number of nitrogens with zero attached hydrogens (tertiary/aromatic N) is 1. The first-order valence-corrected chi connectivity index (χ1v) is 8.51. The van der Waals surface area contributed by atoms with Gasteiger partial charge < -0.3 is 14.4 Å². The van der Waals surface area contributed by atoms with Crippen molar-refractivity contribution >= 4 is 33.6 Å². The number of hydrogen-bond acceptors (Lipinski definition) is 3. The van der Waals surface area contributed by atoms with Crippen LogP contribution in [0.5, 0.6) is 5.75 Å². The zero-order valence-electron chi connectivity index (χ0n) is 13.1. The van der Waals surface area contributed by atoms with E-state index in [4.69, 9.17) is 21.1 Å². The Labute approximate surface area is 144 Å². The zero-order valence-corrected chi connectivity index (χ0v) is 15.4. The molecular formula is C16H21BrClNO3. The Morgan fingerprint density at radius 1 is 1.32 bits per heavy atom. The lowest BCUT2D eigenvalue weighted by Gasteiger charge is -2.33. The summed E-state index contributed by atoms with van der Waals surface area (Å²) >= 11 is 9.53. The highest BCUT2D eigenvalue weighted by molar-refractivity contribution is 9.10. The lowest BCUT2D eigenvalue weighted by atomic mass is 10.1. The third-order valence-corrected chi connectivity index (χ3v) is 4.07. The molecule has 6 heteroatoms. The number of hydrogen-bond donors (Lipinski definition) is 0. The van der Waals surface area contributed by atoms with Gasteiger partial charge in [0.1, 0.15) is 17.5 Å². The largest absolute Gasteiger partial charge is 0.489 e. The molecule has 0 spiro atoms. The third-order valence-electron chi connectivity index (χ3n) is 3.28. The van der Waals surface area contributed by atoms with Gasteiger partial charge in [-0.3, -0.25) is 0 Å². The van der Waals surface area contributed by atoms with E-state index in [9.17, 15) is 4.79 Å².